The number of hydrogen-bond donors (Lipinski definition) is 1. The van der Waals surface area contributed by atoms with E-state index in [-0.39, 0.29) is 5.91 Å². The molecule has 0 aliphatic carbocycles. The molecule has 1 amide bonds. The first-order valence-electron chi connectivity index (χ1n) is 4.83. The van der Waals surface area contributed by atoms with Gasteiger partial charge in [0.15, 0.2) is 0 Å². The highest BCUT2D eigenvalue weighted by Gasteiger charge is 2.16. The summed E-state index contributed by atoms with van der Waals surface area (Å²) >= 11 is 0. The van der Waals surface area contributed by atoms with Crippen molar-refractivity contribution in [2.75, 3.05) is 13.1 Å². The molecule has 1 atom stereocenters. The molecule has 1 heterocycles. The van der Waals surface area contributed by atoms with Gasteiger partial charge in [0.05, 0.1) is 0 Å². The molecule has 0 aromatic rings. The lowest BCUT2D eigenvalue weighted by atomic mass is 10.2. The monoisotopic (exact) mass is 182 g/mol. The van der Waals surface area contributed by atoms with Crippen LogP contribution in [0.3, 0.4) is 0 Å². The van der Waals surface area contributed by atoms with E-state index in [1.54, 1.807) is 6.92 Å². The SMILES string of the molecule is C/C(=C\C(C)N1CCCC1)C(N)=O. The topological polar surface area (TPSA) is 46.3 Å². The summed E-state index contributed by atoms with van der Waals surface area (Å²) in [5.74, 6) is -0.314. The number of nitrogens with zero attached hydrogens (tertiary/aromatic N) is 1. The average Bonchev–Trinajstić information content (AvgIpc) is 2.55. The maximum atomic E-state index is 10.8. The number of hydrogen-bond acceptors (Lipinski definition) is 2. The molecule has 2 N–H and O–H groups in total. The van der Waals surface area contributed by atoms with Gasteiger partial charge in [-0.1, -0.05) is 6.08 Å². The number of nitrogens with two attached hydrogens (primary N) is 1. The Balaban J connectivity index is 2.51. The lowest BCUT2D eigenvalue weighted by Gasteiger charge is -2.20. The van der Waals surface area contributed by atoms with Crippen LogP contribution in [0.2, 0.25) is 0 Å². The number of likely N-dealkylation sites (tertiary alicyclic amines) is 1. The van der Waals surface area contributed by atoms with Crippen molar-refractivity contribution in [2.45, 2.75) is 32.7 Å². The van der Waals surface area contributed by atoms with Crippen molar-refractivity contribution >= 4 is 5.91 Å². The summed E-state index contributed by atoms with van der Waals surface area (Å²) in [6.45, 7) is 6.17. The summed E-state index contributed by atoms with van der Waals surface area (Å²) in [6.07, 6.45) is 4.50. The van der Waals surface area contributed by atoms with Gasteiger partial charge in [0, 0.05) is 11.6 Å². The molecule has 74 valence electrons. The van der Waals surface area contributed by atoms with Gasteiger partial charge in [-0.05, 0) is 39.8 Å². The number of primary amides is 1. The number of carbonyl (C=O) groups is 1. The van der Waals surface area contributed by atoms with E-state index in [1.165, 1.54) is 12.8 Å². The third kappa shape index (κ3) is 2.84. The Hall–Kier alpha value is -0.830. The quantitative estimate of drug-likeness (QED) is 0.659. The smallest absolute Gasteiger partial charge is 0.244 e. The van der Waals surface area contributed by atoms with E-state index in [1.807, 2.05) is 6.08 Å². The molecule has 0 aromatic carbocycles. The Morgan fingerprint density at radius 3 is 2.46 bits per heavy atom. The second-order valence-corrected chi connectivity index (χ2v) is 3.70. The van der Waals surface area contributed by atoms with Crippen molar-refractivity contribution in [3.05, 3.63) is 11.6 Å². The summed E-state index contributed by atoms with van der Waals surface area (Å²) in [5, 5.41) is 0. The van der Waals surface area contributed by atoms with Crippen molar-refractivity contribution < 1.29 is 4.79 Å². The van der Waals surface area contributed by atoms with Crippen LogP contribution in [0.1, 0.15) is 26.7 Å². The zero-order chi connectivity index (χ0) is 9.84. The fourth-order valence-corrected chi connectivity index (χ4v) is 1.70. The van der Waals surface area contributed by atoms with Crippen molar-refractivity contribution in [2.24, 2.45) is 5.73 Å². The third-order valence-corrected chi connectivity index (χ3v) is 2.60. The van der Waals surface area contributed by atoms with E-state index in [0.29, 0.717) is 11.6 Å². The number of rotatable bonds is 3. The van der Waals surface area contributed by atoms with Crippen LogP contribution in [0.5, 0.6) is 0 Å². The fraction of sp³-hybridized carbons (Fsp3) is 0.700. The normalized spacial score (nSPS) is 21.8. The predicted octanol–water partition coefficient (Wildman–Crippen LogP) is 0.902. The van der Waals surface area contributed by atoms with Crippen molar-refractivity contribution in [1.82, 2.24) is 4.90 Å². The summed E-state index contributed by atoms with van der Waals surface area (Å²) in [6, 6.07) is 0.343. The molecule has 1 aliphatic heterocycles. The zero-order valence-electron chi connectivity index (χ0n) is 8.42. The van der Waals surface area contributed by atoms with Crippen LogP contribution in [-0.4, -0.2) is 29.9 Å². The van der Waals surface area contributed by atoms with Crippen LogP contribution in [0, 0.1) is 0 Å². The maximum Gasteiger partial charge on any atom is 0.244 e. The lowest BCUT2D eigenvalue weighted by Crippen LogP contribution is -2.29. The molecule has 0 bridgehead atoms. The van der Waals surface area contributed by atoms with Gasteiger partial charge < -0.3 is 5.73 Å². The molecule has 1 rings (SSSR count). The summed E-state index contributed by atoms with van der Waals surface area (Å²) in [5.41, 5.74) is 5.82. The molecule has 1 aliphatic rings. The van der Waals surface area contributed by atoms with Crippen LogP contribution >= 0.6 is 0 Å². The molecule has 13 heavy (non-hydrogen) atoms. The Morgan fingerprint density at radius 2 is 2.00 bits per heavy atom. The van der Waals surface area contributed by atoms with Gasteiger partial charge in [0.1, 0.15) is 0 Å². The van der Waals surface area contributed by atoms with Gasteiger partial charge >= 0.3 is 0 Å². The highest BCUT2D eigenvalue weighted by atomic mass is 16.1. The van der Waals surface area contributed by atoms with Gasteiger partial charge in [-0.15, -0.1) is 0 Å². The zero-order valence-corrected chi connectivity index (χ0v) is 8.42. The minimum atomic E-state index is -0.314. The highest BCUT2D eigenvalue weighted by Crippen LogP contribution is 2.13. The maximum absolute atomic E-state index is 10.8. The van der Waals surface area contributed by atoms with Gasteiger partial charge in [-0.25, -0.2) is 0 Å². The van der Waals surface area contributed by atoms with E-state index in [2.05, 4.69) is 11.8 Å². The molecule has 0 aromatic heterocycles. The summed E-state index contributed by atoms with van der Waals surface area (Å²) < 4.78 is 0. The van der Waals surface area contributed by atoms with Gasteiger partial charge in [0.2, 0.25) is 5.91 Å². The molecule has 0 radical (unpaired) electrons. The average molecular weight is 182 g/mol. The van der Waals surface area contributed by atoms with Gasteiger partial charge in [0.25, 0.3) is 0 Å². The second kappa shape index (κ2) is 4.42. The first-order chi connectivity index (χ1) is 6.11. The fourth-order valence-electron chi connectivity index (χ4n) is 1.70. The van der Waals surface area contributed by atoms with Crippen molar-refractivity contribution in [1.29, 1.82) is 0 Å². The standard InChI is InChI=1S/C10H18N2O/c1-8(10(11)13)7-9(2)12-5-3-4-6-12/h7,9H,3-6H2,1-2H3,(H2,11,13)/b8-7+. The van der Waals surface area contributed by atoms with Gasteiger partial charge in [-0.2, -0.15) is 0 Å². The van der Waals surface area contributed by atoms with Crippen LogP contribution in [0.25, 0.3) is 0 Å². The van der Waals surface area contributed by atoms with E-state index in [4.69, 9.17) is 5.73 Å². The first kappa shape index (κ1) is 10.3. The summed E-state index contributed by atoms with van der Waals surface area (Å²) in [4.78, 5) is 13.2. The number of carbonyl (C=O) groups excluding carboxylic acids is 1. The van der Waals surface area contributed by atoms with E-state index in [0.717, 1.165) is 13.1 Å². The highest BCUT2D eigenvalue weighted by molar-refractivity contribution is 5.91. The molecule has 1 saturated heterocycles. The van der Waals surface area contributed by atoms with Crippen molar-refractivity contribution in [3.8, 4) is 0 Å². The van der Waals surface area contributed by atoms with Crippen molar-refractivity contribution in [3.63, 3.8) is 0 Å². The van der Waals surface area contributed by atoms with E-state index < -0.39 is 0 Å². The molecular weight excluding hydrogens is 164 g/mol. The Kier molecular flexibility index (Phi) is 3.48. The first-order valence-corrected chi connectivity index (χ1v) is 4.83. The molecule has 1 unspecified atom stereocenters. The Labute approximate surface area is 79.6 Å². The Bertz CT molecular complexity index is 217. The second-order valence-electron chi connectivity index (χ2n) is 3.70. The molecule has 0 saturated carbocycles. The third-order valence-electron chi connectivity index (χ3n) is 2.60. The lowest BCUT2D eigenvalue weighted by molar-refractivity contribution is -0.114. The van der Waals surface area contributed by atoms with E-state index >= 15 is 0 Å². The molecule has 3 heteroatoms. The van der Waals surface area contributed by atoms with Gasteiger partial charge in [-0.3, -0.25) is 9.69 Å². The predicted molar refractivity (Wildman–Crippen MR) is 53.2 cm³/mol. The molecular formula is C10H18N2O. The van der Waals surface area contributed by atoms with Crippen LogP contribution < -0.4 is 5.73 Å². The molecule has 1 fully saturated rings. The molecule has 3 nitrogen and oxygen atoms in total. The Morgan fingerprint density at radius 1 is 1.46 bits per heavy atom. The number of amides is 1. The van der Waals surface area contributed by atoms with Crippen LogP contribution in [-0.2, 0) is 4.79 Å². The largest absolute Gasteiger partial charge is 0.366 e. The summed E-state index contributed by atoms with van der Waals surface area (Å²) in [7, 11) is 0. The van der Waals surface area contributed by atoms with Crippen LogP contribution in [0.15, 0.2) is 11.6 Å². The van der Waals surface area contributed by atoms with E-state index in [9.17, 15) is 4.79 Å². The minimum Gasteiger partial charge on any atom is -0.366 e. The van der Waals surface area contributed by atoms with Crippen LogP contribution in [0.4, 0.5) is 0 Å². The minimum absolute atomic E-state index is 0.314. The molecule has 0 spiro atoms.